The van der Waals surface area contributed by atoms with Gasteiger partial charge in [0, 0.05) is 6.42 Å². The molecule has 0 aromatic rings. The first-order chi connectivity index (χ1) is 7.82. The third kappa shape index (κ3) is 2.52. The van der Waals surface area contributed by atoms with E-state index in [1.165, 1.54) is 6.08 Å². The molecule has 1 N–H and O–H groups in total. The van der Waals surface area contributed by atoms with E-state index >= 15 is 0 Å². The molecule has 1 unspecified atom stereocenters. The average Bonchev–Trinajstić information content (AvgIpc) is 2.22. The molecule has 17 heavy (non-hydrogen) atoms. The van der Waals surface area contributed by atoms with Crippen LogP contribution in [-0.2, 0) is 14.3 Å². The minimum absolute atomic E-state index is 0.125. The van der Waals surface area contributed by atoms with Crippen LogP contribution in [0.4, 0.5) is 0 Å². The summed E-state index contributed by atoms with van der Waals surface area (Å²) in [7, 11) is 0. The molecule has 0 fully saturated rings. The van der Waals surface area contributed by atoms with Gasteiger partial charge in [-0.2, -0.15) is 0 Å². The molecule has 1 aliphatic rings. The summed E-state index contributed by atoms with van der Waals surface area (Å²) in [6.07, 6.45) is 1.38. The van der Waals surface area contributed by atoms with Crippen molar-refractivity contribution in [1.29, 1.82) is 0 Å². The number of ketones is 1. The van der Waals surface area contributed by atoms with Gasteiger partial charge in [-0.25, -0.2) is 0 Å². The van der Waals surface area contributed by atoms with Crippen molar-refractivity contribution in [1.82, 2.24) is 0 Å². The molecule has 96 valence electrons. The van der Waals surface area contributed by atoms with Crippen molar-refractivity contribution in [2.75, 3.05) is 0 Å². The van der Waals surface area contributed by atoms with Crippen molar-refractivity contribution in [2.24, 2.45) is 0 Å². The van der Waals surface area contributed by atoms with Gasteiger partial charge in [-0.3, -0.25) is 4.79 Å². The predicted octanol–water partition coefficient (Wildman–Crippen LogP) is 1.94. The average molecular weight is 240 g/mol. The van der Waals surface area contributed by atoms with Gasteiger partial charge in [-0.05, 0) is 27.7 Å². The lowest BCUT2D eigenvalue weighted by Crippen LogP contribution is -2.53. The van der Waals surface area contributed by atoms with E-state index in [-0.39, 0.29) is 30.1 Å². The van der Waals surface area contributed by atoms with Crippen LogP contribution in [0.1, 0.15) is 34.1 Å². The molecule has 0 bridgehead atoms. The molecule has 0 aliphatic heterocycles. The Morgan fingerprint density at radius 3 is 2.24 bits per heavy atom. The first-order valence-electron chi connectivity index (χ1n) is 5.79. The van der Waals surface area contributed by atoms with Crippen molar-refractivity contribution in [3.8, 4) is 0 Å². The van der Waals surface area contributed by atoms with Gasteiger partial charge in [0.05, 0.1) is 12.2 Å². The van der Waals surface area contributed by atoms with Crippen molar-refractivity contribution in [3.63, 3.8) is 0 Å². The van der Waals surface area contributed by atoms with Crippen molar-refractivity contribution in [3.05, 3.63) is 24.2 Å². The van der Waals surface area contributed by atoms with Gasteiger partial charge in [0.1, 0.15) is 0 Å². The third-order valence-electron chi connectivity index (χ3n) is 2.31. The molecule has 0 spiro atoms. The van der Waals surface area contributed by atoms with Crippen LogP contribution in [0.2, 0.25) is 0 Å². The molecule has 0 saturated carbocycles. The summed E-state index contributed by atoms with van der Waals surface area (Å²) in [6, 6.07) is 0. The van der Waals surface area contributed by atoms with Crippen LogP contribution in [0.15, 0.2) is 24.2 Å². The standard InChI is InChI=1S/C13H20O4/c1-6-7-13(15)11(14)10(16-8(2)3)12(13)17-9(4)5/h6,8-9,15H,1,7H2,2-5H3. The lowest BCUT2D eigenvalue weighted by atomic mass is 9.80. The molecule has 0 radical (unpaired) electrons. The fourth-order valence-corrected chi connectivity index (χ4v) is 1.64. The van der Waals surface area contributed by atoms with Crippen LogP contribution < -0.4 is 0 Å². The second-order valence-electron chi connectivity index (χ2n) is 4.67. The Kier molecular flexibility index (Phi) is 3.98. The zero-order chi connectivity index (χ0) is 13.2. The van der Waals surface area contributed by atoms with Gasteiger partial charge in [0.2, 0.25) is 11.5 Å². The molecule has 1 aliphatic carbocycles. The van der Waals surface area contributed by atoms with Crippen LogP contribution in [0.25, 0.3) is 0 Å². The monoisotopic (exact) mass is 240 g/mol. The molecule has 1 atom stereocenters. The summed E-state index contributed by atoms with van der Waals surface area (Å²) in [5.41, 5.74) is -1.59. The number of rotatable bonds is 6. The SMILES string of the molecule is C=CCC1(O)C(=O)C(OC(C)C)=C1OC(C)C. The van der Waals surface area contributed by atoms with Crippen LogP contribution >= 0.6 is 0 Å². The number of carbonyl (C=O) groups excluding carboxylic acids is 1. The van der Waals surface area contributed by atoms with Crippen LogP contribution in [0.3, 0.4) is 0 Å². The van der Waals surface area contributed by atoms with E-state index in [0.717, 1.165) is 0 Å². The molecule has 0 saturated heterocycles. The van der Waals surface area contributed by atoms with Crippen molar-refractivity contribution >= 4 is 5.78 Å². The van der Waals surface area contributed by atoms with Crippen LogP contribution in [0, 0.1) is 0 Å². The highest BCUT2D eigenvalue weighted by atomic mass is 16.5. The van der Waals surface area contributed by atoms with Gasteiger partial charge in [0.15, 0.2) is 11.4 Å². The maximum Gasteiger partial charge on any atom is 0.240 e. The van der Waals surface area contributed by atoms with Crippen LogP contribution in [-0.4, -0.2) is 28.7 Å². The molecule has 4 nitrogen and oxygen atoms in total. The van der Waals surface area contributed by atoms with E-state index in [1.807, 2.05) is 27.7 Å². The Hall–Kier alpha value is -1.29. The van der Waals surface area contributed by atoms with E-state index in [1.54, 1.807) is 0 Å². The molecule has 0 aromatic heterocycles. The second-order valence-corrected chi connectivity index (χ2v) is 4.67. The Bertz CT molecular complexity index is 354. The fourth-order valence-electron chi connectivity index (χ4n) is 1.64. The van der Waals surface area contributed by atoms with Gasteiger partial charge < -0.3 is 14.6 Å². The first kappa shape index (κ1) is 13.8. The van der Waals surface area contributed by atoms with Gasteiger partial charge in [-0.1, -0.05) is 6.08 Å². The zero-order valence-corrected chi connectivity index (χ0v) is 10.8. The number of Topliss-reactive ketones (excluding diaryl/α,β-unsaturated/α-hetero) is 1. The lowest BCUT2D eigenvalue weighted by Gasteiger charge is -2.39. The minimum Gasteiger partial charge on any atom is -0.488 e. The molecule has 1 rings (SSSR count). The highest BCUT2D eigenvalue weighted by Crippen LogP contribution is 2.40. The van der Waals surface area contributed by atoms with Crippen molar-refractivity contribution < 1.29 is 19.4 Å². The summed E-state index contributed by atoms with van der Waals surface area (Å²) < 4.78 is 10.8. The van der Waals surface area contributed by atoms with Crippen molar-refractivity contribution in [2.45, 2.75) is 51.9 Å². The topological polar surface area (TPSA) is 55.8 Å². The van der Waals surface area contributed by atoms with Gasteiger partial charge in [-0.15, -0.1) is 6.58 Å². The first-order valence-corrected chi connectivity index (χ1v) is 5.79. The summed E-state index contributed by atoms with van der Waals surface area (Å²) in [6.45, 7) is 10.8. The number of aliphatic hydroxyl groups is 1. The minimum atomic E-state index is -1.59. The Morgan fingerprint density at radius 1 is 1.29 bits per heavy atom. The van der Waals surface area contributed by atoms with E-state index in [9.17, 15) is 9.90 Å². The largest absolute Gasteiger partial charge is 0.488 e. The molecule has 4 heteroatoms. The normalized spacial score (nSPS) is 24.1. The third-order valence-corrected chi connectivity index (χ3v) is 2.31. The van der Waals surface area contributed by atoms with E-state index in [0.29, 0.717) is 0 Å². The van der Waals surface area contributed by atoms with E-state index < -0.39 is 11.4 Å². The van der Waals surface area contributed by atoms with Crippen LogP contribution in [0.5, 0.6) is 0 Å². The summed E-state index contributed by atoms with van der Waals surface area (Å²) in [4.78, 5) is 11.8. The smallest absolute Gasteiger partial charge is 0.240 e. The summed E-state index contributed by atoms with van der Waals surface area (Å²) in [5.74, 6) is -0.0640. The Labute approximate surface area is 102 Å². The summed E-state index contributed by atoms with van der Waals surface area (Å²) >= 11 is 0. The highest BCUT2D eigenvalue weighted by Gasteiger charge is 2.56. The lowest BCUT2D eigenvalue weighted by molar-refractivity contribution is -0.149. The number of ether oxygens (including phenoxy) is 2. The molecule has 0 heterocycles. The Balaban J connectivity index is 3.01. The molecule has 0 aromatic carbocycles. The highest BCUT2D eigenvalue weighted by molar-refractivity contribution is 6.10. The Morgan fingerprint density at radius 2 is 1.82 bits per heavy atom. The predicted molar refractivity (Wildman–Crippen MR) is 64.2 cm³/mol. The van der Waals surface area contributed by atoms with Gasteiger partial charge in [0.25, 0.3) is 0 Å². The maximum atomic E-state index is 11.8. The van der Waals surface area contributed by atoms with Gasteiger partial charge >= 0.3 is 0 Å². The maximum absolute atomic E-state index is 11.8. The molecular weight excluding hydrogens is 220 g/mol. The summed E-state index contributed by atoms with van der Waals surface area (Å²) in [5, 5.41) is 10.2. The number of hydrogen-bond donors (Lipinski definition) is 1. The van der Waals surface area contributed by atoms with E-state index in [2.05, 4.69) is 6.58 Å². The molecular formula is C13H20O4. The zero-order valence-electron chi connectivity index (χ0n) is 10.8. The number of hydrogen-bond acceptors (Lipinski definition) is 4. The van der Waals surface area contributed by atoms with E-state index in [4.69, 9.17) is 9.47 Å². The second kappa shape index (κ2) is 4.92. The fraction of sp³-hybridized carbons (Fsp3) is 0.615. The number of carbonyl (C=O) groups is 1. The quantitative estimate of drug-likeness (QED) is 0.721. The molecule has 0 amide bonds.